The van der Waals surface area contributed by atoms with E-state index in [1.165, 1.54) is 83.4 Å². The first kappa shape index (κ1) is 27.8. The van der Waals surface area contributed by atoms with E-state index in [1.54, 1.807) is 10.9 Å². The Hall–Kier alpha value is -1.81. The van der Waals surface area contributed by atoms with Gasteiger partial charge in [0.1, 0.15) is 30.2 Å². The van der Waals surface area contributed by atoms with E-state index in [0.717, 1.165) is 12.8 Å². The van der Waals surface area contributed by atoms with E-state index in [1.807, 2.05) is 0 Å². The number of rotatable bonds is 18. The average molecular weight is 492 g/mol. The van der Waals surface area contributed by atoms with Crippen LogP contribution in [0.25, 0.3) is 11.2 Å². The highest BCUT2D eigenvalue weighted by Gasteiger charge is 2.45. The van der Waals surface area contributed by atoms with Crippen molar-refractivity contribution in [1.29, 1.82) is 0 Å². The molecule has 3 heterocycles. The number of fused-ring (bicyclic) bond motifs is 1. The standard InChI is InChI=1S/C26H45N5O4/c1-2-3-4-5-6-7-8-9-10-11-12-13-14-15-16-34-23-22(33)20(17-32)35-26(23)31-19-30-21-24(27)28-18-29-25(21)31/h18-20,22-23,26,32-33H,2-17H2,1H3,(H2,27,28,29)/t20-,22+,23?,26-/m1/s1. The number of aliphatic hydroxyl groups excluding tert-OH is 2. The number of nitrogens with two attached hydrogens (primary N) is 1. The second-order valence-corrected chi connectivity index (χ2v) is 9.75. The lowest BCUT2D eigenvalue weighted by atomic mass is 10.0. The molecule has 0 saturated carbocycles. The van der Waals surface area contributed by atoms with Gasteiger partial charge in [0, 0.05) is 6.61 Å². The highest BCUT2D eigenvalue weighted by molar-refractivity contribution is 5.81. The van der Waals surface area contributed by atoms with Crippen molar-refractivity contribution >= 4 is 17.0 Å². The van der Waals surface area contributed by atoms with Crippen LogP contribution in [0.15, 0.2) is 12.7 Å². The monoisotopic (exact) mass is 491 g/mol. The molecule has 1 unspecified atom stereocenters. The van der Waals surface area contributed by atoms with Gasteiger partial charge in [-0.1, -0.05) is 90.4 Å². The second kappa shape index (κ2) is 15.3. The van der Waals surface area contributed by atoms with Crippen LogP contribution < -0.4 is 5.73 Å². The van der Waals surface area contributed by atoms with Crippen molar-refractivity contribution in [2.45, 2.75) is 121 Å². The summed E-state index contributed by atoms with van der Waals surface area (Å²) in [6.07, 6.45) is 18.2. The van der Waals surface area contributed by atoms with Crippen LogP contribution in [0, 0.1) is 0 Å². The van der Waals surface area contributed by atoms with Crippen molar-refractivity contribution in [2.24, 2.45) is 0 Å². The first-order valence-electron chi connectivity index (χ1n) is 13.7. The fraction of sp³-hybridized carbons (Fsp3) is 0.808. The van der Waals surface area contributed by atoms with Crippen molar-refractivity contribution < 1.29 is 19.7 Å². The first-order chi connectivity index (χ1) is 17.2. The third kappa shape index (κ3) is 8.10. The molecule has 4 atom stereocenters. The number of nitrogen functional groups attached to an aromatic ring is 1. The molecule has 0 radical (unpaired) electrons. The van der Waals surface area contributed by atoms with Crippen LogP contribution >= 0.6 is 0 Å². The summed E-state index contributed by atoms with van der Waals surface area (Å²) in [4.78, 5) is 12.5. The third-order valence-corrected chi connectivity index (χ3v) is 6.96. The highest BCUT2D eigenvalue weighted by atomic mass is 16.6. The maximum absolute atomic E-state index is 10.7. The van der Waals surface area contributed by atoms with Gasteiger partial charge in [-0.05, 0) is 6.42 Å². The van der Waals surface area contributed by atoms with Crippen molar-refractivity contribution in [3.8, 4) is 0 Å². The molecule has 0 aromatic carbocycles. The summed E-state index contributed by atoms with van der Waals surface area (Å²) in [6.45, 7) is 2.50. The van der Waals surface area contributed by atoms with E-state index in [0.29, 0.717) is 17.8 Å². The fourth-order valence-corrected chi connectivity index (χ4v) is 4.85. The lowest BCUT2D eigenvalue weighted by molar-refractivity contribution is -0.0711. The van der Waals surface area contributed by atoms with Gasteiger partial charge in [-0.3, -0.25) is 4.57 Å². The van der Waals surface area contributed by atoms with Crippen LogP contribution in [-0.2, 0) is 9.47 Å². The molecule has 1 aliphatic rings. The van der Waals surface area contributed by atoms with Gasteiger partial charge >= 0.3 is 0 Å². The Bertz CT molecular complexity index is 848. The Morgan fingerprint density at radius 3 is 2.11 bits per heavy atom. The molecule has 35 heavy (non-hydrogen) atoms. The van der Waals surface area contributed by atoms with Crippen LogP contribution in [-0.4, -0.2) is 61.3 Å². The molecule has 0 aliphatic carbocycles. The van der Waals surface area contributed by atoms with E-state index in [2.05, 4.69) is 21.9 Å². The molecule has 9 heteroatoms. The molecule has 9 nitrogen and oxygen atoms in total. The number of nitrogens with zero attached hydrogens (tertiary/aromatic N) is 4. The van der Waals surface area contributed by atoms with Crippen molar-refractivity contribution in [3.05, 3.63) is 12.7 Å². The highest BCUT2D eigenvalue weighted by Crippen LogP contribution is 2.34. The van der Waals surface area contributed by atoms with Crippen LogP contribution in [0.5, 0.6) is 0 Å². The molecule has 1 aliphatic heterocycles. The number of unbranched alkanes of at least 4 members (excludes halogenated alkanes) is 13. The van der Waals surface area contributed by atoms with Gasteiger partial charge in [-0.15, -0.1) is 0 Å². The Kier molecular flexibility index (Phi) is 12.2. The average Bonchev–Trinajstić information content (AvgIpc) is 3.43. The molecule has 0 amide bonds. The quantitative estimate of drug-likeness (QED) is 0.260. The van der Waals surface area contributed by atoms with Crippen molar-refractivity contribution in [1.82, 2.24) is 19.5 Å². The zero-order valence-corrected chi connectivity index (χ0v) is 21.4. The Morgan fingerprint density at radius 1 is 0.914 bits per heavy atom. The lowest BCUT2D eigenvalue weighted by Crippen LogP contribution is -2.35. The Balaban J connectivity index is 1.32. The van der Waals surface area contributed by atoms with Crippen LogP contribution in [0.4, 0.5) is 5.82 Å². The molecule has 2 aromatic rings. The molecule has 0 bridgehead atoms. The Morgan fingerprint density at radius 2 is 1.51 bits per heavy atom. The largest absolute Gasteiger partial charge is 0.394 e. The Labute approximate surface area is 209 Å². The SMILES string of the molecule is CCCCCCCCCCCCCCCCOC1[C@@H](O)[C@@H](CO)O[C@H]1n1cnc2c(N)ncnc21. The van der Waals surface area contributed by atoms with Crippen LogP contribution in [0.1, 0.15) is 103 Å². The molecule has 0 spiro atoms. The zero-order chi connectivity index (χ0) is 24.9. The molecule has 2 aromatic heterocycles. The second-order valence-electron chi connectivity index (χ2n) is 9.75. The molecule has 198 valence electrons. The van der Waals surface area contributed by atoms with E-state index >= 15 is 0 Å². The molecular weight excluding hydrogens is 446 g/mol. The molecule has 1 fully saturated rings. The lowest BCUT2D eigenvalue weighted by Gasteiger charge is -2.22. The molecule has 4 N–H and O–H groups in total. The summed E-state index contributed by atoms with van der Waals surface area (Å²) < 4.78 is 13.7. The minimum atomic E-state index is -0.937. The minimum Gasteiger partial charge on any atom is -0.394 e. The number of aliphatic hydroxyl groups is 2. The van der Waals surface area contributed by atoms with E-state index in [4.69, 9.17) is 15.2 Å². The zero-order valence-electron chi connectivity index (χ0n) is 21.4. The number of imidazole rings is 1. The van der Waals surface area contributed by atoms with Crippen molar-refractivity contribution in [2.75, 3.05) is 18.9 Å². The van der Waals surface area contributed by atoms with Crippen LogP contribution in [0.2, 0.25) is 0 Å². The van der Waals surface area contributed by atoms with E-state index < -0.39 is 24.5 Å². The van der Waals surface area contributed by atoms with E-state index in [-0.39, 0.29) is 12.4 Å². The van der Waals surface area contributed by atoms with Gasteiger partial charge in [0.05, 0.1) is 12.9 Å². The minimum absolute atomic E-state index is 0.283. The summed E-state index contributed by atoms with van der Waals surface area (Å²) in [5.41, 5.74) is 6.88. The predicted molar refractivity (Wildman–Crippen MR) is 137 cm³/mol. The topological polar surface area (TPSA) is 129 Å². The molecule has 1 saturated heterocycles. The number of hydrogen-bond donors (Lipinski definition) is 3. The maximum atomic E-state index is 10.7. The summed E-state index contributed by atoms with van der Waals surface area (Å²) in [6, 6.07) is 0. The van der Waals surface area contributed by atoms with Gasteiger partial charge in [0.15, 0.2) is 17.7 Å². The summed E-state index contributed by atoms with van der Waals surface area (Å²) >= 11 is 0. The van der Waals surface area contributed by atoms with Crippen LogP contribution in [0.3, 0.4) is 0 Å². The number of anilines is 1. The summed E-state index contributed by atoms with van der Waals surface area (Å²) in [5.74, 6) is 0.283. The summed E-state index contributed by atoms with van der Waals surface area (Å²) in [7, 11) is 0. The predicted octanol–water partition coefficient (Wildman–Crippen LogP) is 4.53. The van der Waals surface area contributed by atoms with Gasteiger partial charge in [0.2, 0.25) is 0 Å². The van der Waals surface area contributed by atoms with Gasteiger partial charge in [0.25, 0.3) is 0 Å². The number of hydrogen-bond acceptors (Lipinski definition) is 8. The fourth-order valence-electron chi connectivity index (χ4n) is 4.85. The smallest absolute Gasteiger partial charge is 0.167 e. The summed E-state index contributed by atoms with van der Waals surface area (Å²) in [5, 5.41) is 20.3. The molecular formula is C26H45N5O4. The number of ether oxygens (including phenoxy) is 2. The normalized spacial score (nSPS) is 22.4. The van der Waals surface area contributed by atoms with Gasteiger partial charge in [-0.25, -0.2) is 15.0 Å². The first-order valence-corrected chi connectivity index (χ1v) is 13.7. The third-order valence-electron chi connectivity index (χ3n) is 6.96. The number of aromatic nitrogens is 4. The van der Waals surface area contributed by atoms with Gasteiger partial charge < -0.3 is 25.4 Å². The maximum Gasteiger partial charge on any atom is 0.167 e. The van der Waals surface area contributed by atoms with Gasteiger partial charge in [-0.2, -0.15) is 0 Å². The van der Waals surface area contributed by atoms with Crippen molar-refractivity contribution in [3.63, 3.8) is 0 Å². The van der Waals surface area contributed by atoms with E-state index in [9.17, 15) is 10.2 Å². The molecule has 3 rings (SSSR count).